The van der Waals surface area contributed by atoms with Crippen molar-refractivity contribution in [3.63, 3.8) is 0 Å². The van der Waals surface area contributed by atoms with E-state index < -0.39 is 28.5 Å². The third kappa shape index (κ3) is 8.34. The Morgan fingerprint density at radius 2 is 1.64 bits per heavy atom. The average Bonchev–Trinajstić information content (AvgIpc) is 2.97. The van der Waals surface area contributed by atoms with Crippen molar-refractivity contribution in [2.24, 2.45) is 0 Å². The molecule has 0 aromatic heterocycles. The van der Waals surface area contributed by atoms with Gasteiger partial charge < -0.3 is 15.0 Å². The van der Waals surface area contributed by atoms with E-state index in [4.69, 9.17) is 27.9 Å². The lowest BCUT2D eigenvalue weighted by Gasteiger charge is -2.33. The van der Waals surface area contributed by atoms with Crippen LogP contribution in [0.25, 0.3) is 0 Å². The molecule has 3 aromatic rings. The first-order chi connectivity index (χ1) is 20.0. The average molecular weight is 653 g/mol. The lowest BCUT2D eigenvalue weighted by atomic mass is 10.1. The molecule has 0 spiro atoms. The highest BCUT2D eigenvalue weighted by atomic mass is 35.5. The fraction of sp³-hybridized carbons (Fsp3) is 0.333. The van der Waals surface area contributed by atoms with Crippen LogP contribution in [0.3, 0.4) is 0 Å². The summed E-state index contributed by atoms with van der Waals surface area (Å²) in [7, 11) is -4.19. The zero-order valence-corrected chi connectivity index (χ0v) is 27.1. The number of halogens is 2. The van der Waals surface area contributed by atoms with Crippen molar-refractivity contribution in [3.8, 4) is 5.75 Å². The maximum atomic E-state index is 14.1. The van der Waals surface area contributed by atoms with Crippen LogP contribution >= 0.6 is 35.0 Å². The molecule has 1 unspecified atom stereocenters. The molecular weight excluding hydrogens is 617 g/mol. The Hall–Kier alpha value is -2.92. The summed E-state index contributed by atoms with van der Waals surface area (Å²) in [6.45, 7) is 5.67. The monoisotopic (exact) mass is 651 g/mol. The van der Waals surface area contributed by atoms with E-state index >= 15 is 0 Å². The second kappa shape index (κ2) is 15.5. The van der Waals surface area contributed by atoms with Gasteiger partial charge in [-0.25, -0.2) is 8.42 Å². The minimum atomic E-state index is -4.19. The molecule has 0 radical (unpaired) electrons. The summed E-state index contributed by atoms with van der Waals surface area (Å²) >= 11 is 14.0. The largest absolute Gasteiger partial charge is 0.494 e. The lowest BCUT2D eigenvalue weighted by Crippen LogP contribution is -2.52. The summed E-state index contributed by atoms with van der Waals surface area (Å²) in [5, 5.41) is 3.53. The Bertz CT molecular complexity index is 1470. The van der Waals surface area contributed by atoms with Crippen LogP contribution in [-0.4, -0.2) is 57.1 Å². The molecule has 3 rings (SSSR count). The highest BCUT2D eigenvalue weighted by Gasteiger charge is 2.34. The number of anilines is 1. The minimum absolute atomic E-state index is 0.0237. The van der Waals surface area contributed by atoms with Crippen LogP contribution in [0.4, 0.5) is 5.69 Å². The Balaban J connectivity index is 2.08. The molecule has 0 aliphatic carbocycles. The predicted molar refractivity (Wildman–Crippen MR) is 170 cm³/mol. The zero-order valence-electron chi connectivity index (χ0n) is 24.0. The molecule has 3 aromatic carbocycles. The number of hydrogen-bond donors (Lipinski definition) is 1. The first-order valence-corrected chi connectivity index (χ1v) is 16.9. The third-order valence-electron chi connectivity index (χ3n) is 6.45. The van der Waals surface area contributed by atoms with Crippen molar-refractivity contribution in [3.05, 3.63) is 82.3 Å². The van der Waals surface area contributed by atoms with Gasteiger partial charge in [-0.1, -0.05) is 36.2 Å². The van der Waals surface area contributed by atoms with Gasteiger partial charge in [0, 0.05) is 28.0 Å². The number of likely N-dealkylation sites (N-methyl/N-ethyl adjacent to an activating group) is 1. The van der Waals surface area contributed by atoms with Gasteiger partial charge in [0.15, 0.2) is 0 Å². The second-order valence-corrected chi connectivity index (χ2v) is 12.8. The summed E-state index contributed by atoms with van der Waals surface area (Å²) in [6, 6.07) is 17.0. The normalized spacial score (nSPS) is 12.0. The molecular formula is C30H35Cl2N3O5S2. The number of benzene rings is 3. The molecule has 0 fully saturated rings. The molecule has 2 amide bonds. The zero-order chi connectivity index (χ0) is 30.9. The standard InChI is InChI=1S/C30H35Cl2N3O5S2/c1-5-28(30(37)33-6-2)34(19-21-8-9-22(31)18-27(21)32)29(36)20-35(23-10-12-24(13-11-23)40-7-3)42(38,39)26-16-14-25(41-4)15-17-26/h8-18,28H,5-7,19-20H2,1-4H3,(H,33,37). The summed E-state index contributed by atoms with van der Waals surface area (Å²) in [6.07, 6.45) is 2.20. The van der Waals surface area contributed by atoms with Crippen LogP contribution in [0, 0.1) is 0 Å². The van der Waals surface area contributed by atoms with E-state index in [0.717, 1.165) is 9.20 Å². The number of rotatable bonds is 14. The van der Waals surface area contributed by atoms with E-state index in [2.05, 4.69) is 5.32 Å². The number of hydrogen-bond acceptors (Lipinski definition) is 6. The van der Waals surface area contributed by atoms with Gasteiger partial charge in [0.25, 0.3) is 10.0 Å². The Kier molecular flexibility index (Phi) is 12.4. The van der Waals surface area contributed by atoms with Crippen molar-refractivity contribution < 1.29 is 22.7 Å². The number of nitrogens with one attached hydrogen (secondary N) is 1. The number of carbonyl (C=O) groups is 2. The molecule has 0 saturated heterocycles. The van der Waals surface area contributed by atoms with Gasteiger partial charge in [0.05, 0.1) is 17.2 Å². The number of ether oxygens (including phenoxy) is 1. The van der Waals surface area contributed by atoms with Gasteiger partial charge in [-0.05, 0) is 92.8 Å². The van der Waals surface area contributed by atoms with Crippen LogP contribution in [0.1, 0.15) is 32.8 Å². The second-order valence-electron chi connectivity index (χ2n) is 9.19. The fourth-order valence-corrected chi connectivity index (χ4v) is 6.61. The Morgan fingerprint density at radius 3 is 2.19 bits per heavy atom. The van der Waals surface area contributed by atoms with Gasteiger partial charge in [-0.15, -0.1) is 11.8 Å². The lowest BCUT2D eigenvalue weighted by molar-refractivity contribution is -0.140. The number of thioether (sulfide) groups is 1. The smallest absolute Gasteiger partial charge is 0.264 e. The Morgan fingerprint density at radius 1 is 0.976 bits per heavy atom. The van der Waals surface area contributed by atoms with E-state index in [1.807, 2.05) is 13.2 Å². The van der Waals surface area contributed by atoms with Crippen LogP contribution in [0.2, 0.25) is 10.0 Å². The van der Waals surface area contributed by atoms with E-state index in [9.17, 15) is 18.0 Å². The summed E-state index contributed by atoms with van der Waals surface area (Å²) < 4.78 is 34.6. The fourth-order valence-electron chi connectivity index (χ4n) is 4.32. The number of amides is 2. The molecule has 12 heteroatoms. The summed E-state index contributed by atoms with van der Waals surface area (Å²) in [5.41, 5.74) is 0.844. The van der Waals surface area contributed by atoms with Gasteiger partial charge in [0.1, 0.15) is 18.3 Å². The number of sulfonamides is 1. The first-order valence-electron chi connectivity index (χ1n) is 13.5. The van der Waals surface area contributed by atoms with Gasteiger partial charge in [-0.3, -0.25) is 13.9 Å². The molecule has 42 heavy (non-hydrogen) atoms. The molecule has 0 saturated carbocycles. The van der Waals surface area contributed by atoms with Crippen LogP contribution in [-0.2, 0) is 26.2 Å². The third-order valence-corrected chi connectivity index (χ3v) is 9.57. The predicted octanol–water partition coefficient (Wildman–Crippen LogP) is 6.25. The van der Waals surface area contributed by atoms with Gasteiger partial charge in [-0.2, -0.15) is 0 Å². The van der Waals surface area contributed by atoms with E-state index in [1.165, 1.54) is 28.8 Å². The Labute approximate surface area is 262 Å². The van der Waals surface area contributed by atoms with Gasteiger partial charge >= 0.3 is 0 Å². The molecule has 1 N–H and O–H groups in total. The summed E-state index contributed by atoms with van der Waals surface area (Å²) in [5.74, 6) is -0.352. The van der Waals surface area contributed by atoms with Crippen LogP contribution in [0.5, 0.6) is 5.75 Å². The maximum absolute atomic E-state index is 14.1. The molecule has 0 aliphatic rings. The molecule has 8 nitrogen and oxygen atoms in total. The topological polar surface area (TPSA) is 96.0 Å². The van der Waals surface area contributed by atoms with Crippen LogP contribution < -0.4 is 14.4 Å². The van der Waals surface area contributed by atoms with Crippen LogP contribution in [0.15, 0.2) is 76.5 Å². The van der Waals surface area contributed by atoms with Crippen molar-refractivity contribution in [2.45, 2.75) is 49.6 Å². The SMILES string of the molecule is CCNC(=O)C(CC)N(Cc1ccc(Cl)cc1Cl)C(=O)CN(c1ccc(OCC)cc1)S(=O)(=O)c1ccc(SC)cc1. The highest BCUT2D eigenvalue weighted by Crippen LogP contribution is 2.29. The minimum Gasteiger partial charge on any atom is -0.494 e. The van der Waals surface area contributed by atoms with E-state index in [1.54, 1.807) is 68.4 Å². The van der Waals surface area contributed by atoms with Crippen molar-refractivity contribution in [1.82, 2.24) is 10.2 Å². The molecule has 226 valence electrons. The van der Waals surface area contributed by atoms with Crippen molar-refractivity contribution in [1.29, 1.82) is 0 Å². The quantitative estimate of drug-likeness (QED) is 0.207. The van der Waals surface area contributed by atoms with Crippen molar-refractivity contribution in [2.75, 3.05) is 30.3 Å². The van der Waals surface area contributed by atoms with Gasteiger partial charge in [0.2, 0.25) is 11.8 Å². The van der Waals surface area contributed by atoms with E-state index in [-0.39, 0.29) is 23.0 Å². The molecule has 0 heterocycles. The first kappa shape index (κ1) is 33.6. The maximum Gasteiger partial charge on any atom is 0.264 e. The molecule has 0 aliphatic heterocycles. The van der Waals surface area contributed by atoms with E-state index in [0.29, 0.717) is 40.9 Å². The highest BCUT2D eigenvalue weighted by molar-refractivity contribution is 7.98. The number of nitrogens with zero attached hydrogens (tertiary/aromatic N) is 2. The number of carbonyl (C=O) groups excluding carboxylic acids is 2. The van der Waals surface area contributed by atoms with Crippen molar-refractivity contribution >= 4 is 62.5 Å². The molecule has 1 atom stereocenters. The molecule has 0 bridgehead atoms. The summed E-state index contributed by atoms with van der Waals surface area (Å²) in [4.78, 5) is 29.5.